The van der Waals surface area contributed by atoms with Gasteiger partial charge >= 0.3 is 0 Å². The highest BCUT2D eigenvalue weighted by atomic mass is 35.5. The van der Waals surface area contributed by atoms with Crippen molar-refractivity contribution in [2.45, 2.75) is 18.8 Å². The van der Waals surface area contributed by atoms with E-state index in [1.54, 1.807) is 24.8 Å². The molecule has 1 aromatic rings. The van der Waals surface area contributed by atoms with Crippen LogP contribution in [0.4, 0.5) is 5.69 Å². The number of nitrogens with zero attached hydrogens (tertiary/aromatic N) is 1. The lowest BCUT2D eigenvalue weighted by Gasteiger charge is -2.34. The lowest BCUT2D eigenvalue weighted by molar-refractivity contribution is 0.262. The van der Waals surface area contributed by atoms with Gasteiger partial charge in [0.05, 0.1) is 0 Å². The Kier molecular flexibility index (Phi) is 5.23. The number of nitrogens with two attached hydrogens (primary N) is 1. The van der Waals surface area contributed by atoms with Crippen LogP contribution in [0.2, 0.25) is 5.02 Å². The molecule has 0 radical (unpaired) electrons. The quantitative estimate of drug-likeness (QED) is 0.855. The Balaban J connectivity index is 2.21. The lowest BCUT2D eigenvalue weighted by atomic mass is 10.2. The van der Waals surface area contributed by atoms with Crippen molar-refractivity contribution >= 4 is 38.9 Å². The number of halogens is 1. The molecule has 0 bridgehead atoms. The van der Waals surface area contributed by atoms with Gasteiger partial charge in [-0.15, -0.1) is 0 Å². The first-order valence-electron chi connectivity index (χ1n) is 6.50. The number of rotatable bonds is 4. The predicted molar refractivity (Wildman–Crippen MR) is 86.8 cm³/mol. The second kappa shape index (κ2) is 6.56. The monoisotopic (exact) mass is 334 g/mol. The number of anilines is 1. The van der Waals surface area contributed by atoms with Crippen molar-refractivity contribution in [2.75, 3.05) is 29.5 Å². The average molecular weight is 335 g/mol. The summed E-state index contributed by atoms with van der Waals surface area (Å²) in [6, 6.07) is 5.38. The fourth-order valence-corrected chi connectivity index (χ4v) is 5.67. The maximum atomic E-state index is 12.2. The number of hydrogen-bond donors (Lipinski definition) is 1. The SMILES string of the molecule is CCS(=O)(=O)C1CSCCN1Cc1cc(N)cc(Cl)c1. The first kappa shape index (κ1) is 15.9. The number of hydrogen-bond acceptors (Lipinski definition) is 5. The van der Waals surface area contributed by atoms with Crippen LogP contribution in [0.15, 0.2) is 18.2 Å². The molecule has 1 aromatic carbocycles. The van der Waals surface area contributed by atoms with Crippen LogP contribution in [0.25, 0.3) is 0 Å². The Morgan fingerprint density at radius 3 is 2.85 bits per heavy atom. The summed E-state index contributed by atoms with van der Waals surface area (Å²) in [4.78, 5) is 2.01. The smallest absolute Gasteiger partial charge is 0.166 e. The van der Waals surface area contributed by atoms with Gasteiger partial charge in [0, 0.05) is 41.1 Å². The van der Waals surface area contributed by atoms with Gasteiger partial charge in [-0.25, -0.2) is 8.42 Å². The Morgan fingerprint density at radius 1 is 1.45 bits per heavy atom. The zero-order valence-corrected chi connectivity index (χ0v) is 13.8. The Bertz CT molecular complexity index is 557. The molecule has 2 rings (SSSR count). The van der Waals surface area contributed by atoms with Crippen LogP contribution in [0, 0.1) is 0 Å². The Hall–Kier alpha value is -0.430. The summed E-state index contributed by atoms with van der Waals surface area (Å²) in [5.74, 6) is 1.75. The summed E-state index contributed by atoms with van der Waals surface area (Å²) in [6.45, 7) is 3.03. The van der Waals surface area contributed by atoms with E-state index in [1.165, 1.54) is 0 Å². The summed E-state index contributed by atoms with van der Waals surface area (Å²) in [5, 5.41) is 0.174. The topological polar surface area (TPSA) is 63.4 Å². The first-order chi connectivity index (χ1) is 9.42. The fraction of sp³-hybridized carbons (Fsp3) is 0.538. The van der Waals surface area contributed by atoms with Gasteiger partial charge < -0.3 is 5.73 Å². The van der Waals surface area contributed by atoms with Gasteiger partial charge in [-0.05, 0) is 23.8 Å². The van der Waals surface area contributed by atoms with E-state index < -0.39 is 15.2 Å². The number of nitrogen functional groups attached to an aromatic ring is 1. The van der Waals surface area contributed by atoms with Crippen LogP contribution in [-0.4, -0.2) is 42.5 Å². The standard InChI is InChI=1S/C13H19ClN2O2S2/c1-2-20(17,18)13-9-19-4-3-16(13)8-10-5-11(14)7-12(15)6-10/h5-7,13H,2-4,8-9,15H2,1H3. The van der Waals surface area contributed by atoms with E-state index in [4.69, 9.17) is 17.3 Å². The van der Waals surface area contributed by atoms with E-state index in [9.17, 15) is 8.42 Å². The highest BCUT2D eigenvalue weighted by Crippen LogP contribution is 2.25. The third-order valence-electron chi connectivity index (χ3n) is 3.37. The molecule has 1 atom stereocenters. The molecule has 0 aliphatic carbocycles. The van der Waals surface area contributed by atoms with Crippen molar-refractivity contribution in [1.29, 1.82) is 0 Å². The summed E-state index contributed by atoms with van der Waals surface area (Å²) < 4.78 is 24.4. The molecule has 0 aromatic heterocycles. The molecule has 1 aliphatic heterocycles. The summed E-state index contributed by atoms with van der Waals surface area (Å²) in [5.41, 5.74) is 7.35. The van der Waals surface area contributed by atoms with E-state index in [2.05, 4.69) is 0 Å². The van der Waals surface area contributed by atoms with Gasteiger partial charge in [0.2, 0.25) is 0 Å². The lowest BCUT2D eigenvalue weighted by Crippen LogP contribution is -2.47. The van der Waals surface area contributed by atoms with Crippen molar-refractivity contribution in [3.8, 4) is 0 Å². The molecule has 20 heavy (non-hydrogen) atoms. The summed E-state index contributed by atoms with van der Waals surface area (Å²) in [6.07, 6.45) is 0. The third-order valence-corrected chi connectivity index (χ3v) is 6.92. The predicted octanol–water partition coefficient (Wildman–Crippen LogP) is 2.23. The minimum atomic E-state index is -3.07. The molecule has 0 amide bonds. The molecular weight excluding hydrogens is 316 g/mol. The molecule has 0 spiro atoms. The van der Waals surface area contributed by atoms with Crippen LogP contribution >= 0.6 is 23.4 Å². The second-order valence-corrected chi connectivity index (χ2v) is 8.88. The highest BCUT2D eigenvalue weighted by molar-refractivity contribution is 8.01. The van der Waals surface area contributed by atoms with Crippen molar-refractivity contribution < 1.29 is 8.42 Å². The number of benzene rings is 1. The van der Waals surface area contributed by atoms with Crippen molar-refractivity contribution in [3.63, 3.8) is 0 Å². The largest absolute Gasteiger partial charge is 0.399 e. The fourth-order valence-electron chi connectivity index (χ4n) is 2.32. The van der Waals surface area contributed by atoms with E-state index in [1.807, 2.05) is 17.0 Å². The van der Waals surface area contributed by atoms with Crippen LogP contribution in [0.1, 0.15) is 12.5 Å². The van der Waals surface area contributed by atoms with E-state index >= 15 is 0 Å². The van der Waals surface area contributed by atoms with Gasteiger partial charge in [-0.3, -0.25) is 4.90 Å². The van der Waals surface area contributed by atoms with Crippen LogP contribution in [-0.2, 0) is 16.4 Å². The summed E-state index contributed by atoms with van der Waals surface area (Å²) >= 11 is 7.69. The minimum absolute atomic E-state index is 0.173. The molecule has 1 unspecified atom stereocenters. The van der Waals surface area contributed by atoms with Crippen molar-refractivity contribution in [1.82, 2.24) is 4.90 Å². The van der Waals surface area contributed by atoms with Crippen molar-refractivity contribution in [2.24, 2.45) is 0 Å². The molecule has 7 heteroatoms. The molecule has 0 saturated carbocycles. The third kappa shape index (κ3) is 3.81. The van der Waals surface area contributed by atoms with E-state index in [0.717, 1.165) is 17.9 Å². The molecular formula is C13H19ClN2O2S2. The normalized spacial score (nSPS) is 21.0. The Morgan fingerprint density at radius 2 is 2.20 bits per heavy atom. The van der Waals surface area contributed by atoms with Gasteiger partial charge in [0.15, 0.2) is 9.84 Å². The van der Waals surface area contributed by atoms with Gasteiger partial charge in [0.25, 0.3) is 0 Å². The van der Waals surface area contributed by atoms with Gasteiger partial charge in [-0.1, -0.05) is 18.5 Å². The van der Waals surface area contributed by atoms with E-state index in [0.29, 0.717) is 23.0 Å². The molecule has 1 saturated heterocycles. The second-order valence-electron chi connectivity index (χ2n) is 4.84. The maximum absolute atomic E-state index is 12.2. The molecule has 2 N–H and O–H groups in total. The van der Waals surface area contributed by atoms with Crippen molar-refractivity contribution in [3.05, 3.63) is 28.8 Å². The van der Waals surface area contributed by atoms with Crippen LogP contribution in [0.3, 0.4) is 0 Å². The molecule has 4 nitrogen and oxygen atoms in total. The van der Waals surface area contributed by atoms with Crippen LogP contribution in [0.5, 0.6) is 0 Å². The van der Waals surface area contributed by atoms with Crippen LogP contribution < -0.4 is 5.73 Å². The molecule has 1 aliphatic rings. The molecule has 1 fully saturated rings. The average Bonchev–Trinajstić information content (AvgIpc) is 2.38. The minimum Gasteiger partial charge on any atom is -0.399 e. The zero-order valence-electron chi connectivity index (χ0n) is 11.4. The first-order valence-corrected chi connectivity index (χ1v) is 9.75. The molecule has 112 valence electrons. The summed E-state index contributed by atoms with van der Waals surface area (Å²) in [7, 11) is -3.07. The number of sulfone groups is 1. The number of thioether (sulfide) groups is 1. The maximum Gasteiger partial charge on any atom is 0.166 e. The van der Waals surface area contributed by atoms with Gasteiger partial charge in [0.1, 0.15) is 5.37 Å². The van der Waals surface area contributed by atoms with E-state index in [-0.39, 0.29) is 5.75 Å². The zero-order chi connectivity index (χ0) is 14.8. The van der Waals surface area contributed by atoms with Gasteiger partial charge in [-0.2, -0.15) is 11.8 Å². The Labute approximate surface area is 129 Å². The highest BCUT2D eigenvalue weighted by Gasteiger charge is 2.32. The molecule has 1 heterocycles.